The lowest BCUT2D eigenvalue weighted by atomic mass is 9.98. The van der Waals surface area contributed by atoms with Gasteiger partial charge in [-0.15, -0.1) is 0 Å². The zero-order chi connectivity index (χ0) is 14.1. The van der Waals surface area contributed by atoms with Crippen LogP contribution in [0.5, 0.6) is 5.75 Å². The zero-order valence-electron chi connectivity index (χ0n) is 11.3. The van der Waals surface area contributed by atoms with Crippen LogP contribution >= 0.6 is 0 Å². The summed E-state index contributed by atoms with van der Waals surface area (Å²) >= 11 is 0. The summed E-state index contributed by atoms with van der Waals surface area (Å²) in [5.41, 5.74) is 3.35. The molecule has 0 saturated carbocycles. The van der Waals surface area contributed by atoms with E-state index in [1.165, 1.54) is 0 Å². The van der Waals surface area contributed by atoms with Gasteiger partial charge in [0.25, 0.3) is 0 Å². The number of aliphatic hydroxyl groups is 1. The number of aromatic nitrogens is 3. The van der Waals surface area contributed by atoms with Gasteiger partial charge < -0.3 is 9.84 Å². The molecule has 3 aromatic rings. The smallest absolute Gasteiger partial charge is 0.119 e. The first-order chi connectivity index (χ1) is 9.70. The van der Waals surface area contributed by atoms with Crippen LogP contribution < -0.4 is 4.74 Å². The van der Waals surface area contributed by atoms with Crippen molar-refractivity contribution in [3.05, 3.63) is 59.7 Å². The summed E-state index contributed by atoms with van der Waals surface area (Å²) in [6.07, 6.45) is 6.05. The molecule has 0 saturated heterocycles. The molecule has 2 aromatic heterocycles. The van der Waals surface area contributed by atoms with E-state index in [9.17, 15) is 5.11 Å². The van der Waals surface area contributed by atoms with Crippen molar-refractivity contribution in [3.8, 4) is 5.75 Å². The summed E-state index contributed by atoms with van der Waals surface area (Å²) in [5.74, 6) is 0.778. The van der Waals surface area contributed by atoms with Gasteiger partial charge in [-0.05, 0) is 30.2 Å². The Balaban J connectivity index is 2.06. The topological polar surface area (TPSA) is 59.7 Å². The fourth-order valence-electron chi connectivity index (χ4n) is 2.31. The highest BCUT2D eigenvalue weighted by molar-refractivity contribution is 5.55. The summed E-state index contributed by atoms with van der Waals surface area (Å²) in [7, 11) is 1.63. The molecule has 0 spiro atoms. The predicted octanol–water partition coefficient (Wildman–Crippen LogP) is 2.13. The standard InChI is InChI=1S/C15H15N3O2/c1-10-7-11(20-2)3-4-12(10)15(19)13-8-17-18-6-5-16-9-14(13)18/h3-9,15,19H,1-2H3. The molecule has 0 fully saturated rings. The molecule has 0 aliphatic heterocycles. The maximum absolute atomic E-state index is 10.6. The van der Waals surface area contributed by atoms with Crippen molar-refractivity contribution in [2.75, 3.05) is 7.11 Å². The molecule has 1 atom stereocenters. The highest BCUT2D eigenvalue weighted by atomic mass is 16.5. The second kappa shape index (κ2) is 4.94. The Kier molecular flexibility index (Phi) is 3.12. The normalized spacial score (nSPS) is 12.6. The third-order valence-electron chi connectivity index (χ3n) is 3.42. The summed E-state index contributed by atoms with van der Waals surface area (Å²) in [6.45, 7) is 1.95. The van der Waals surface area contributed by atoms with E-state index in [-0.39, 0.29) is 0 Å². The fraction of sp³-hybridized carbons (Fsp3) is 0.200. The number of aryl methyl sites for hydroxylation is 1. The van der Waals surface area contributed by atoms with Gasteiger partial charge in [0.15, 0.2) is 0 Å². The first-order valence-corrected chi connectivity index (χ1v) is 6.30. The quantitative estimate of drug-likeness (QED) is 0.791. The van der Waals surface area contributed by atoms with Crippen LogP contribution in [-0.2, 0) is 0 Å². The Morgan fingerprint density at radius 1 is 1.25 bits per heavy atom. The molecule has 5 nitrogen and oxygen atoms in total. The maximum atomic E-state index is 10.6. The van der Waals surface area contributed by atoms with Crippen molar-refractivity contribution in [1.82, 2.24) is 14.6 Å². The number of methoxy groups -OCH3 is 1. The van der Waals surface area contributed by atoms with Gasteiger partial charge in [0.05, 0.1) is 25.0 Å². The predicted molar refractivity (Wildman–Crippen MR) is 74.8 cm³/mol. The molecule has 20 heavy (non-hydrogen) atoms. The van der Waals surface area contributed by atoms with E-state index >= 15 is 0 Å². The molecule has 1 aromatic carbocycles. The number of aliphatic hydroxyl groups excluding tert-OH is 1. The van der Waals surface area contributed by atoms with Crippen molar-refractivity contribution in [2.24, 2.45) is 0 Å². The molecule has 0 bridgehead atoms. The van der Waals surface area contributed by atoms with Gasteiger partial charge in [-0.2, -0.15) is 5.10 Å². The summed E-state index contributed by atoms with van der Waals surface area (Å²) < 4.78 is 6.88. The van der Waals surface area contributed by atoms with Crippen LogP contribution in [-0.4, -0.2) is 26.8 Å². The number of benzene rings is 1. The van der Waals surface area contributed by atoms with Crippen molar-refractivity contribution >= 4 is 5.52 Å². The van der Waals surface area contributed by atoms with E-state index < -0.39 is 6.10 Å². The van der Waals surface area contributed by atoms with Crippen LogP contribution in [0.15, 0.2) is 43.0 Å². The van der Waals surface area contributed by atoms with Crippen molar-refractivity contribution in [1.29, 1.82) is 0 Å². The van der Waals surface area contributed by atoms with E-state index in [0.717, 1.165) is 28.0 Å². The van der Waals surface area contributed by atoms with E-state index in [1.54, 1.807) is 36.4 Å². The molecular weight excluding hydrogens is 254 g/mol. The van der Waals surface area contributed by atoms with Crippen LogP contribution in [0, 0.1) is 6.92 Å². The molecule has 3 rings (SSSR count). The molecule has 0 radical (unpaired) electrons. The molecule has 0 amide bonds. The van der Waals surface area contributed by atoms with Gasteiger partial charge in [0.2, 0.25) is 0 Å². The fourth-order valence-corrected chi connectivity index (χ4v) is 2.31. The molecule has 5 heteroatoms. The lowest BCUT2D eigenvalue weighted by Gasteiger charge is -2.13. The lowest BCUT2D eigenvalue weighted by Crippen LogP contribution is -2.02. The molecular formula is C15H15N3O2. The number of hydrogen-bond donors (Lipinski definition) is 1. The molecule has 102 valence electrons. The number of ether oxygens (including phenoxy) is 1. The van der Waals surface area contributed by atoms with Gasteiger partial charge >= 0.3 is 0 Å². The van der Waals surface area contributed by atoms with Crippen LogP contribution in [0.25, 0.3) is 5.52 Å². The Hall–Kier alpha value is -2.40. The van der Waals surface area contributed by atoms with E-state index in [2.05, 4.69) is 10.1 Å². The first kappa shape index (κ1) is 12.6. The number of fused-ring (bicyclic) bond motifs is 1. The number of nitrogens with zero attached hydrogens (tertiary/aromatic N) is 3. The van der Waals surface area contributed by atoms with Crippen molar-refractivity contribution in [2.45, 2.75) is 13.0 Å². The third-order valence-corrected chi connectivity index (χ3v) is 3.42. The zero-order valence-corrected chi connectivity index (χ0v) is 11.3. The van der Waals surface area contributed by atoms with E-state index in [0.29, 0.717) is 0 Å². The van der Waals surface area contributed by atoms with Gasteiger partial charge in [0, 0.05) is 18.0 Å². The Bertz CT molecular complexity index is 752. The minimum atomic E-state index is -0.734. The SMILES string of the molecule is COc1ccc(C(O)c2cnn3ccncc23)c(C)c1. The minimum absolute atomic E-state index is 0.734. The van der Waals surface area contributed by atoms with Crippen LogP contribution in [0.2, 0.25) is 0 Å². The van der Waals surface area contributed by atoms with E-state index in [1.807, 2.05) is 25.1 Å². The largest absolute Gasteiger partial charge is 0.497 e. The van der Waals surface area contributed by atoms with Crippen LogP contribution in [0.3, 0.4) is 0 Å². The summed E-state index contributed by atoms with van der Waals surface area (Å²) in [4.78, 5) is 4.08. The minimum Gasteiger partial charge on any atom is -0.497 e. The third kappa shape index (κ3) is 2.02. The summed E-state index contributed by atoms with van der Waals surface area (Å²) in [6, 6.07) is 5.62. The van der Waals surface area contributed by atoms with Crippen molar-refractivity contribution < 1.29 is 9.84 Å². The van der Waals surface area contributed by atoms with Gasteiger partial charge in [-0.3, -0.25) is 4.98 Å². The number of rotatable bonds is 3. The average Bonchev–Trinajstić information content (AvgIpc) is 2.90. The van der Waals surface area contributed by atoms with Gasteiger partial charge in [-0.25, -0.2) is 4.52 Å². The first-order valence-electron chi connectivity index (χ1n) is 6.30. The van der Waals surface area contributed by atoms with Gasteiger partial charge in [-0.1, -0.05) is 6.07 Å². The molecule has 0 aliphatic rings. The molecule has 1 N–H and O–H groups in total. The van der Waals surface area contributed by atoms with Crippen LogP contribution in [0.4, 0.5) is 0 Å². The highest BCUT2D eigenvalue weighted by Gasteiger charge is 2.17. The average molecular weight is 269 g/mol. The molecule has 2 heterocycles. The van der Waals surface area contributed by atoms with Crippen molar-refractivity contribution in [3.63, 3.8) is 0 Å². The monoisotopic (exact) mass is 269 g/mol. The summed E-state index contributed by atoms with van der Waals surface area (Å²) in [5, 5.41) is 14.8. The second-order valence-corrected chi connectivity index (χ2v) is 4.63. The molecule has 1 unspecified atom stereocenters. The van der Waals surface area contributed by atoms with Gasteiger partial charge in [0.1, 0.15) is 11.9 Å². The van der Waals surface area contributed by atoms with E-state index in [4.69, 9.17) is 4.74 Å². The highest BCUT2D eigenvalue weighted by Crippen LogP contribution is 2.29. The molecule has 0 aliphatic carbocycles. The second-order valence-electron chi connectivity index (χ2n) is 4.63. The Morgan fingerprint density at radius 3 is 2.85 bits per heavy atom. The van der Waals surface area contributed by atoms with Crippen LogP contribution in [0.1, 0.15) is 22.8 Å². The maximum Gasteiger partial charge on any atom is 0.119 e. The number of hydrogen-bond acceptors (Lipinski definition) is 4. The lowest BCUT2D eigenvalue weighted by molar-refractivity contribution is 0.221. The Morgan fingerprint density at radius 2 is 2.10 bits per heavy atom. The Labute approximate surface area is 116 Å².